The van der Waals surface area contributed by atoms with Crippen LogP contribution in [0.15, 0.2) is 265 Å². The van der Waals surface area contributed by atoms with E-state index in [0.29, 0.717) is 0 Å². The second kappa shape index (κ2) is 16.8. The summed E-state index contributed by atoms with van der Waals surface area (Å²) in [5.41, 5.74) is 17.1. The van der Waals surface area contributed by atoms with Crippen molar-refractivity contribution in [1.29, 1.82) is 0 Å². The highest BCUT2D eigenvalue weighted by molar-refractivity contribution is 6.13. The van der Waals surface area contributed by atoms with E-state index in [9.17, 15) is 0 Å². The molecule has 66 heavy (non-hydrogen) atoms. The number of furan rings is 1. The van der Waals surface area contributed by atoms with E-state index in [0.717, 1.165) is 61.6 Å². The van der Waals surface area contributed by atoms with Gasteiger partial charge in [-0.05, 0) is 132 Å². The molecule has 11 aromatic carbocycles. The monoisotopic (exact) mass is 841 g/mol. The lowest BCUT2D eigenvalue weighted by Gasteiger charge is -2.26. The molecule has 0 bridgehead atoms. The van der Waals surface area contributed by atoms with Crippen LogP contribution >= 0.6 is 0 Å². The highest BCUT2D eigenvalue weighted by Gasteiger charge is 2.16. The normalized spacial score (nSPS) is 11.3. The van der Waals surface area contributed by atoms with Crippen molar-refractivity contribution in [3.63, 3.8) is 0 Å². The minimum atomic E-state index is 0.875. The van der Waals surface area contributed by atoms with E-state index in [-0.39, 0.29) is 0 Å². The minimum absolute atomic E-state index is 0.875. The average Bonchev–Trinajstić information content (AvgIpc) is 3.84. The lowest BCUT2D eigenvalue weighted by molar-refractivity contribution is 0.632. The first-order valence-corrected chi connectivity index (χ1v) is 22.6. The topological polar surface area (TPSA) is 16.4 Å². The highest BCUT2D eigenvalue weighted by Crippen LogP contribution is 2.41. The minimum Gasteiger partial charge on any atom is -0.456 e. The van der Waals surface area contributed by atoms with Crippen LogP contribution in [-0.2, 0) is 0 Å². The fourth-order valence-electron chi connectivity index (χ4n) is 9.53. The van der Waals surface area contributed by atoms with Crippen molar-refractivity contribution in [2.24, 2.45) is 0 Å². The molecule has 12 rings (SSSR count). The number of hydrogen-bond donors (Lipinski definition) is 0. The standard InChI is InChI=1S/C64H43NO/c1-2-12-44(13-3-1)45-22-24-46(25-23-45)48-30-36-54(37-31-48)65(56-40-34-51(35-41-56)62-42-52-14-4-6-17-58(52)59-18-8-9-19-60(59)62)55-38-32-49(33-39-55)47-26-28-50(29-27-47)57-16-7-10-20-61(57)64-43-53-15-5-11-21-63(53)66-64/h1-43H. The lowest BCUT2D eigenvalue weighted by Crippen LogP contribution is -2.09. The van der Waals surface area contributed by atoms with Crippen molar-refractivity contribution >= 4 is 49.6 Å². The Balaban J connectivity index is 0.876. The van der Waals surface area contributed by atoms with E-state index < -0.39 is 0 Å². The van der Waals surface area contributed by atoms with Crippen LogP contribution < -0.4 is 4.90 Å². The van der Waals surface area contributed by atoms with Crippen molar-refractivity contribution in [2.75, 3.05) is 4.90 Å². The predicted molar refractivity (Wildman–Crippen MR) is 279 cm³/mol. The van der Waals surface area contributed by atoms with Gasteiger partial charge in [-0.15, -0.1) is 0 Å². The third-order valence-corrected chi connectivity index (χ3v) is 12.9. The number of rotatable bonds is 9. The average molecular weight is 842 g/mol. The summed E-state index contributed by atoms with van der Waals surface area (Å²) in [4.78, 5) is 2.35. The molecule has 0 fully saturated rings. The van der Waals surface area contributed by atoms with Crippen molar-refractivity contribution in [3.8, 4) is 67.0 Å². The van der Waals surface area contributed by atoms with Crippen molar-refractivity contribution in [1.82, 2.24) is 0 Å². The van der Waals surface area contributed by atoms with Gasteiger partial charge in [0, 0.05) is 28.0 Å². The summed E-state index contributed by atoms with van der Waals surface area (Å²) < 4.78 is 6.30. The zero-order valence-electron chi connectivity index (χ0n) is 36.2. The van der Waals surface area contributed by atoms with Gasteiger partial charge in [-0.3, -0.25) is 0 Å². The van der Waals surface area contributed by atoms with Crippen LogP contribution in [0.3, 0.4) is 0 Å². The molecule has 310 valence electrons. The Morgan fingerprint density at radius 2 is 0.636 bits per heavy atom. The molecule has 0 radical (unpaired) electrons. The van der Waals surface area contributed by atoms with Gasteiger partial charge in [-0.25, -0.2) is 0 Å². The van der Waals surface area contributed by atoms with Gasteiger partial charge < -0.3 is 9.32 Å². The molecule has 2 heteroatoms. The summed E-state index contributed by atoms with van der Waals surface area (Å²) in [6.45, 7) is 0. The van der Waals surface area contributed by atoms with Gasteiger partial charge in [0.1, 0.15) is 11.3 Å². The zero-order chi connectivity index (χ0) is 43.8. The molecule has 1 aromatic heterocycles. The van der Waals surface area contributed by atoms with Crippen molar-refractivity contribution in [3.05, 3.63) is 261 Å². The van der Waals surface area contributed by atoms with Crippen LogP contribution in [0, 0.1) is 0 Å². The Hall–Kier alpha value is -8.72. The Kier molecular flexibility index (Phi) is 9.89. The van der Waals surface area contributed by atoms with Gasteiger partial charge in [0.15, 0.2) is 0 Å². The fourth-order valence-corrected chi connectivity index (χ4v) is 9.53. The molecule has 0 aliphatic carbocycles. The third-order valence-electron chi connectivity index (χ3n) is 12.9. The van der Waals surface area contributed by atoms with E-state index in [2.05, 4.69) is 248 Å². The lowest BCUT2D eigenvalue weighted by atomic mass is 9.93. The molecule has 0 saturated carbocycles. The molecule has 0 N–H and O–H groups in total. The summed E-state index contributed by atoms with van der Waals surface area (Å²) in [5, 5.41) is 6.15. The summed E-state index contributed by atoms with van der Waals surface area (Å²) >= 11 is 0. The Morgan fingerprint density at radius 3 is 1.21 bits per heavy atom. The van der Waals surface area contributed by atoms with E-state index in [4.69, 9.17) is 4.42 Å². The molecular formula is C64H43NO. The number of hydrogen-bond acceptors (Lipinski definition) is 2. The first-order chi connectivity index (χ1) is 32.7. The number of fused-ring (bicyclic) bond motifs is 4. The van der Waals surface area contributed by atoms with E-state index in [1.54, 1.807) is 0 Å². The fraction of sp³-hybridized carbons (Fsp3) is 0. The maximum absolute atomic E-state index is 6.30. The van der Waals surface area contributed by atoms with Gasteiger partial charge in [0.25, 0.3) is 0 Å². The quantitative estimate of drug-likeness (QED) is 0.135. The third kappa shape index (κ3) is 7.31. The zero-order valence-corrected chi connectivity index (χ0v) is 36.2. The molecule has 0 spiro atoms. The highest BCUT2D eigenvalue weighted by atomic mass is 16.3. The number of nitrogens with zero attached hydrogens (tertiary/aromatic N) is 1. The molecule has 0 saturated heterocycles. The van der Waals surface area contributed by atoms with Gasteiger partial charge in [-0.1, -0.05) is 206 Å². The largest absolute Gasteiger partial charge is 0.456 e. The molecular weight excluding hydrogens is 799 g/mol. The molecule has 1 heterocycles. The van der Waals surface area contributed by atoms with Crippen LogP contribution in [0.5, 0.6) is 0 Å². The maximum atomic E-state index is 6.30. The smallest absolute Gasteiger partial charge is 0.136 e. The van der Waals surface area contributed by atoms with Gasteiger partial charge in [0.05, 0.1) is 0 Å². The summed E-state index contributed by atoms with van der Waals surface area (Å²) in [7, 11) is 0. The van der Waals surface area contributed by atoms with Gasteiger partial charge >= 0.3 is 0 Å². The predicted octanol–water partition coefficient (Wildman–Crippen LogP) is 18.2. The summed E-state index contributed by atoms with van der Waals surface area (Å²) in [5.74, 6) is 0.875. The molecule has 0 unspecified atom stereocenters. The maximum Gasteiger partial charge on any atom is 0.136 e. The summed E-state index contributed by atoms with van der Waals surface area (Å²) in [6.07, 6.45) is 0. The molecule has 0 atom stereocenters. The van der Waals surface area contributed by atoms with Crippen LogP contribution in [-0.4, -0.2) is 0 Å². The first kappa shape index (κ1) is 38.9. The molecule has 12 aromatic rings. The van der Waals surface area contributed by atoms with E-state index in [1.165, 1.54) is 54.9 Å². The first-order valence-electron chi connectivity index (χ1n) is 22.6. The second-order valence-electron chi connectivity index (χ2n) is 16.9. The molecule has 0 aliphatic heterocycles. The van der Waals surface area contributed by atoms with Gasteiger partial charge in [-0.2, -0.15) is 0 Å². The van der Waals surface area contributed by atoms with E-state index >= 15 is 0 Å². The molecule has 0 aliphatic rings. The SMILES string of the molecule is c1ccc(-c2ccc(-c3ccc(N(c4ccc(-c5ccc(-c6ccccc6-c6cc7ccccc7o6)cc5)cc4)c4ccc(-c5cc6ccccc6c6ccccc56)cc4)cc3)cc2)cc1. The number of anilines is 3. The van der Waals surface area contributed by atoms with Crippen molar-refractivity contribution in [2.45, 2.75) is 0 Å². The Bertz CT molecular complexity index is 3610. The second-order valence-corrected chi connectivity index (χ2v) is 16.9. The number of benzene rings is 11. The van der Waals surface area contributed by atoms with Crippen molar-refractivity contribution < 1.29 is 4.42 Å². The molecule has 0 amide bonds. The molecule has 2 nitrogen and oxygen atoms in total. The van der Waals surface area contributed by atoms with Crippen LogP contribution in [0.1, 0.15) is 0 Å². The Labute approximate surface area is 384 Å². The van der Waals surface area contributed by atoms with E-state index in [1.807, 2.05) is 18.2 Å². The van der Waals surface area contributed by atoms with Gasteiger partial charge in [0.2, 0.25) is 0 Å². The van der Waals surface area contributed by atoms with Crippen LogP contribution in [0.2, 0.25) is 0 Å². The Morgan fingerprint density at radius 1 is 0.242 bits per heavy atom. The van der Waals surface area contributed by atoms with Crippen LogP contribution in [0.25, 0.3) is 99.5 Å². The summed E-state index contributed by atoms with van der Waals surface area (Å²) in [6, 6.07) is 93.8. The van der Waals surface area contributed by atoms with Crippen LogP contribution in [0.4, 0.5) is 17.1 Å². The number of para-hydroxylation sites is 1.